The summed E-state index contributed by atoms with van der Waals surface area (Å²) < 4.78 is 17.6. The van der Waals surface area contributed by atoms with Crippen molar-refractivity contribution in [3.63, 3.8) is 0 Å². The van der Waals surface area contributed by atoms with Crippen LogP contribution in [0.15, 0.2) is 52.2 Å². The minimum absolute atomic E-state index is 0.0290. The van der Waals surface area contributed by atoms with E-state index < -0.39 is 5.91 Å². The van der Waals surface area contributed by atoms with Gasteiger partial charge in [-0.15, -0.1) is 5.10 Å². The number of aromatic nitrogens is 5. The van der Waals surface area contributed by atoms with E-state index in [-0.39, 0.29) is 17.3 Å². The van der Waals surface area contributed by atoms with Crippen LogP contribution in [-0.4, -0.2) is 62.0 Å². The van der Waals surface area contributed by atoms with Crippen LogP contribution in [0.1, 0.15) is 48.1 Å². The van der Waals surface area contributed by atoms with Gasteiger partial charge in [-0.2, -0.15) is 9.78 Å². The third-order valence-corrected chi connectivity index (χ3v) is 6.13. The van der Waals surface area contributed by atoms with Crippen molar-refractivity contribution in [2.75, 3.05) is 25.4 Å². The van der Waals surface area contributed by atoms with E-state index in [4.69, 9.17) is 26.8 Å². The van der Waals surface area contributed by atoms with Crippen LogP contribution >= 0.6 is 11.6 Å². The number of carbonyl (C=O) groups excluding carboxylic acids is 1. The largest absolute Gasteiger partial charge is 0.490 e. The highest BCUT2D eigenvalue weighted by molar-refractivity contribution is 6.30. The van der Waals surface area contributed by atoms with Crippen molar-refractivity contribution in [3.8, 4) is 17.3 Å². The second-order valence-corrected chi connectivity index (χ2v) is 8.92. The minimum Gasteiger partial charge on any atom is -0.490 e. The lowest BCUT2D eigenvalue weighted by molar-refractivity contribution is 0.0945. The Bertz CT molecular complexity index is 1450. The molecule has 2 aromatic carbocycles. The van der Waals surface area contributed by atoms with E-state index in [2.05, 4.69) is 40.7 Å². The maximum atomic E-state index is 13.3. The fraction of sp³-hybridized carbons (Fsp3) is 0.308. The Kier molecular flexibility index (Phi) is 9.65. The van der Waals surface area contributed by atoms with E-state index in [1.165, 1.54) is 10.9 Å². The van der Waals surface area contributed by atoms with Crippen LogP contribution in [0.2, 0.25) is 5.02 Å². The van der Waals surface area contributed by atoms with Crippen LogP contribution in [0.4, 0.5) is 5.82 Å². The molecule has 13 nitrogen and oxygen atoms in total. The van der Waals surface area contributed by atoms with Gasteiger partial charge in [0.25, 0.3) is 5.91 Å². The molecule has 0 bridgehead atoms. The highest BCUT2D eigenvalue weighted by atomic mass is 35.5. The summed E-state index contributed by atoms with van der Waals surface area (Å²) in [5.41, 5.74) is 10.6. The van der Waals surface area contributed by atoms with E-state index in [1.54, 1.807) is 18.2 Å². The number of hydrogen-bond acceptors (Lipinski definition) is 11. The molecule has 1 amide bonds. The van der Waals surface area contributed by atoms with Crippen molar-refractivity contribution in [1.82, 2.24) is 35.6 Å². The summed E-state index contributed by atoms with van der Waals surface area (Å²) in [6.07, 6.45) is 1.49. The number of amides is 1. The van der Waals surface area contributed by atoms with E-state index in [9.17, 15) is 4.79 Å². The van der Waals surface area contributed by atoms with Gasteiger partial charge in [0.2, 0.25) is 11.6 Å². The maximum absolute atomic E-state index is 13.3. The molecule has 0 atom stereocenters. The van der Waals surface area contributed by atoms with Gasteiger partial charge in [0.1, 0.15) is 12.3 Å². The molecule has 4 rings (SSSR count). The molecule has 3 N–H and O–H groups in total. The topological polar surface area (TPSA) is 159 Å². The molecule has 0 saturated carbocycles. The van der Waals surface area contributed by atoms with E-state index in [0.717, 1.165) is 18.7 Å². The molecule has 2 heterocycles. The first-order chi connectivity index (χ1) is 19.4. The molecule has 4 aromatic rings. The lowest BCUT2D eigenvalue weighted by Crippen LogP contribution is -2.27. The predicted octanol–water partition coefficient (Wildman–Crippen LogP) is 3.47. The van der Waals surface area contributed by atoms with Gasteiger partial charge >= 0.3 is 0 Å². The van der Waals surface area contributed by atoms with Crippen LogP contribution in [0.3, 0.4) is 0 Å². The first-order valence-corrected chi connectivity index (χ1v) is 13.0. The molecule has 0 aliphatic heterocycles. The summed E-state index contributed by atoms with van der Waals surface area (Å²) in [7, 11) is 0. The molecule has 0 fully saturated rings. The number of anilines is 1. The summed E-state index contributed by atoms with van der Waals surface area (Å²) >= 11 is 5.96. The van der Waals surface area contributed by atoms with E-state index in [0.29, 0.717) is 47.5 Å². The Morgan fingerprint density at radius 1 is 1.12 bits per heavy atom. The molecule has 0 aliphatic carbocycles. The van der Waals surface area contributed by atoms with Crippen molar-refractivity contribution in [2.45, 2.75) is 33.9 Å². The number of nitrogens with two attached hydrogens (primary N) is 1. The molecular formula is C26H30ClN9O4. The Balaban J connectivity index is 1.50. The van der Waals surface area contributed by atoms with Crippen LogP contribution in [0.25, 0.3) is 5.82 Å². The van der Waals surface area contributed by atoms with Gasteiger partial charge in [-0.25, -0.2) is 10.1 Å². The summed E-state index contributed by atoms with van der Waals surface area (Å²) in [5, 5.41) is 20.3. The minimum atomic E-state index is -0.557. The van der Waals surface area contributed by atoms with Crippen molar-refractivity contribution < 1.29 is 18.9 Å². The Morgan fingerprint density at radius 2 is 1.90 bits per heavy atom. The molecule has 0 spiro atoms. The second-order valence-electron chi connectivity index (χ2n) is 8.48. The number of halogens is 1. The van der Waals surface area contributed by atoms with Crippen molar-refractivity contribution in [1.29, 1.82) is 0 Å². The van der Waals surface area contributed by atoms with Gasteiger partial charge in [-0.3, -0.25) is 9.69 Å². The van der Waals surface area contributed by atoms with Crippen molar-refractivity contribution in [2.24, 2.45) is 5.10 Å². The molecule has 40 heavy (non-hydrogen) atoms. The van der Waals surface area contributed by atoms with Crippen LogP contribution in [-0.2, 0) is 13.2 Å². The third kappa shape index (κ3) is 6.93. The summed E-state index contributed by atoms with van der Waals surface area (Å²) in [6.45, 7) is 8.62. The normalized spacial score (nSPS) is 11.3. The molecule has 0 saturated heterocycles. The number of ether oxygens (including phenoxy) is 2. The summed E-state index contributed by atoms with van der Waals surface area (Å²) in [6, 6.07) is 12.8. The molecule has 14 heteroatoms. The van der Waals surface area contributed by atoms with Crippen LogP contribution in [0.5, 0.6) is 11.5 Å². The molecule has 0 unspecified atom stereocenters. The third-order valence-electron chi connectivity index (χ3n) is 5.87. The Labute approximate surface area is 235 Å². The summed E-state index contributed by atoms with van der Waals surface area (Å²) in [4.78, 5) is 15.3. The molecular weight excluding hydrogens is 538 g/mol. The molecule has 0 aliphatic rings. The highest BCUT2D eigenvalue weighted by Crippen LogP contribution is 2.29. The van der Waals surface area contributed by atoms with Crippen molar-refractivity contribution >= 4 is 29.5 Å². The van der Waals surface area contributed by atoms with Crippen molar-refractivity contribution in [3.05, 3.63) is 70.0 Å². The number of hydrazone groups is 1. The SMILES string of the molecule is CCOc1cc(/C=N/NC(=O)c2c(CN(CC)CC)nnn2-c2nonc2N)ccc1OCc1ccc(Cl)cc1. The lowest BCUT2D eigenvalue weighted by atomic mass is 10.2. The Morgan fingerprint density at radius 3 is 2.58 bits per heavy atom. The number of nitrogens with one attached hydrogen (secondary N) is 1. The van der Waals surface area contributed by atoms with Gasteiger partial charge in [0.05, 0.1) is 12.8 Å². The van der Waals surface area contributed by atoms with E-state index >= 15 is 0 Å². The quantitative estimate of drug-likeness (QED) is 0.181. The number of nitrogen functional groups attached to an aromatic ring is 1. The van der Waals surface area contributed by atoms with Gasteiger partial charge in [-0.05, 0) is 71.8 Å². The van der Waals surface area contributed by atoms with Gasteiger partial charge < -0.3 is 15.2 Å². The monoisotopic (exact) mass is 567 g/mol. The number of nitrogens with zero attached hydrogens (tertiary/aromatic N) is 7. The molecule has 2 aromatic heterocycles. The molecule has 210 valence electrons. The summed E-state index contributed by atoms with van der Waals surface area (Å²) in [5.74, 6) is 0.595. The standard InChI is InChI=1S/C26H30ClN9O4/c1-4-35(5-2)15-20-23(36(34-30-20)25-24(28)32-40-33-25)26(37)31-29-14-18-9-12-21(22(13-18)38-6-3)39-16-17-7-10-19(27)11-8-17/h7-14H,4-6,15-16H2,1-3H3,(H2,28,32)(H,31,37)/b29-14+. The predicted molar refractivity (Wildman–Crippen MR) is 149 cm³/mol. The number of rotatable bonds is 13. The average molecular weight is 568 g/mol. The average Bonchev–Trinajstić information content (AvgIpc) is 3.57. The fourth-order valence-electron chi connectivity index (χ4n) is 3.74. The first-order valence-electron chi connectivity index (χ1n) is 12.7. The van der Waals surface area contributed by atoms with Gasteiger partial charge in [-0.1, -0.05) is 42.8 Å². The number of carbonyl (C=O) groups is 1. The van der Waals surface area contributed by atoms with Gasteiger partial charge in [0, 0.05) is 11.6 Å². The highest BCUT2D eigenvalue weighted by Gasteiger charge is 2.25. The maximum Gasteiger partial charge on any atom is 0.292 e. The zero-order valence-electron chi connectivity index (χ0n) is 22.4. The fourth-order valence-corrected chi connectivity index (χ4v) is 3.87. The second kappa shape index (κ2) is 13.5. The smallest absolute Gasteiger partial charge is 0.292 e. The van der Waals surface area contributed by atoms with E-state index in [1.807, 2.05) is 45.0 Å². The zero-order chi connectivity index (χ0) is 28.5. The van der Waals surface area contributed by atoms with Crippen LogP contribution < -0.4 is 20.6 Å². The molecule has 0 radical (unpaired) electrons. The first kappa shape index (κ1) is 28.5. The zero-order valence-corrected chi connectivity index (χ0v) is 23.1. The lowest BCUT2D eigenvalue weighted by Gasteiger charge is -2.16. The Hall–Kier alpha value is -4.49. The van der Waals surface area contributed by atoms with Crippen LogP contribution in [0, 0.1) is 0 Å². The van der Waals surface area contributed by atoms with Gasteiger partial charge in [0.15, 0.2) is 17.2 Å². The number of hydrogen-bond donors (Lipinski definition) is 2. The number of benzene rings is 2.